The molecule has 1 aliphatic heterocycles. The Morgan fingerprint density at radius 2 is 2.32 bits per heavy atom. The van der Waals surface area contributed by atoms with E-state index in [1.807, 2.05) is 0 Å². The zero-order chi connectivity index (χ0) is 16.1. The first-order valence-corrected chi connectivity index (χ1v) is 7.10. The van der Waals surface area contributed by atoms with Gasteiger partial charge in [0.2, 0.25) is 11.8 Å². The molecule has 0 bridgehead atoms. The standard InChI is InChI=1S/C11H14N4O6S/c1-20-8-5-7(13-9(12)14-8)15(10(18)22-5)11(19)3-21-4(2-16)6(11)17/h4,6,16-17,19H,2-3H2,1H3,(H2,12,13,14)/t4-,6-,11-/m1/s1. The van der Waals surface area contributed by atoms with Gasteiger partial charge in [-0.25, -0.2) is 4.57 Å². The first-order valence-electron chi connectivity index (χ1n) is 6.28. The van der Waals surface area contributed by atoms with Gasteiger partial charge in [0.15, 0.2) is 11.4 Å². The lowest BCUT2D eigenvalue weighted by Crippen LogP contribution is -2.50. The van der Waals surface area contributed by atoms with Crippen molar-refractivity contribution in [3.8, 4) is 5.88 Å². The van der Waals surface area contributed by atoms with Crippen LogP contribution >= 0.6 is 11.3 Å². The van der Waals surface area contributed by atoms with Crippen LogP contribution in [0.25, 0.3) is 10.3 Å². The third-order valence-corrected chi connectivity index (χ3v) is 4.43. The fourth-order valence-corrected chi connectivity index (χ4v) is 3.38. The van der Waals surface area contributed by atoms with Gasteiger partial charge in [-0.2, -0.15) is 9.97 Å². The van der Waals surface area contributed by atoms with Gasteiger partial charge >= 0.3 is 4.87 Å². The van der Waals surface area contributed by atoms with Gasteiger partial charge in [-0.15, -0.1) is 0 Å². The molecule has 3 atom stereocenters. The van der Waals surface area contributed by atoms with Crippen molar-refractivity contribution in [3.05, 3.63) is 9.67 Å². The number of aliphatic hydroxyl groups excluding tert-OH is 2. The van der Waals surface area contributed by atoms with Crippen LogP contribution in [-0.2, 0) is 10.5 Å². The Hall–Kier alpha value is -1.79. The number of aromatic nitrogens is 3. The highest BCUT2D eigenvalue weighted by molar-refractivity contribution is 7.16. The zero-order valence-electron chi connectivity index (χ0n) is 11.5. The maximum Gasteiger partial charge on any atom is 0.312 e. The molecule has 0 aliphatic carbocycles. The summed E-state index contributed by atoms with van der Waals surface area (Å²) in [6.45, 7) is -0.877. The molecule has 2 aromatic rings. The SMILES string of the molecule is COc1nc(N)nc2c1sc(=O)n2[C@@]1(O)CO[C@H](CO)[C@H]1O. The van der Waals surface area contributed by atoms with Crippen LogP contribution in [0.1, 0.15) is 0 Å². The average molecular weight is 330 g/mol. The predicted octanol–water partition coefficient (Wildman–Crippen LogP) is -2.16. The van der Waals surface area contributed by atoms with Crippen molar-refractivity contribution < 1.29 is 24.8 Å². The third kappa shape index (κ3) is 1.98. The largest absolute Gasteiger partial charge is 0.480 e. The molecule has 2 aromatic heterocycles. The molecule has 1 aliphatic rings. The second-order valence-electron chi connectivity index (χ2n) is 4.80. The highest BCUT2D eigenvalue weighted by Gasteiger charge is 2.51. The number of fused-ring (bicyclic) bond motifs is 1. The maximum absolute atomic E-state index is 12.3. The number of hydrogen-bond acceptors (Lipinski definition) is 10. The van der Waals surface area contributed by atoms with Crippen molar-refractivity contribution in [3.63, 3.8) is 0 Å². The van der Waals surface area contributed by atoms with E-state index < -0.39 is 29.4 Å². The molecule has 0 radical (unpaired) electrons. The lowest BCUT2D eigenvalue weighted by Gasteiger charge is -2.26. The van der Waals surface area contributed by atoms with Crippen LogP contribution in [0.3, 0.4) is 0 Å². The fourth-order valence-electron chi connectivity index (χ4n) is 2.43. The monoisotopic (exact) mass is 330 g/mol. The van der Waals surface area contributed by atoms with Crippen molar-refractivity contribution in [2.24, 2.45) is 0 Å². The van der Waals surface area contributed by atoms with Gasteiger partial charge in [0, 0.05) is 0 Å². The number of anilines is 1. The number of nitrogens with two attached hydrogens (primary N) is 1. The Morgan fingerprint density at radius 1 is 1.59 bits per heavy atom. The molecule has 0 aromatic carbocycles. The molecule has 1 saturated heterocycles. The van der Waals surface area contributed by atoms with E-state index in [4.69, 9.17) is 20.3 Å². The smallest absolute Gasteiger partial charge is 0.312 e. The molecular weight excluding hydrogens is 316 g/mol. The second-order valence-corrected chi connectivity index (χ2v) is 5.76. The predicted molar refractivity (Wildman–Crippen MR) is 75.7 cm³/mol. The molecule has 5 N–H and O–H groups in total. The normalized spacial score (nSPS) is 28.4. The summed E-state index contributed by atoms with van der Waals surface area (Å²) >= 11 is 0.748. The van der Waals surface area contributed by atoms with Crippen molar-refractivity contribution >= 4 is 27.6 Å². The molecule has 0 unspecified atom stereocenters. The summed E-state index contributed by atoms with van der Waals surface area (Å²) in [7, 11) is 1.36. The molecule has 3 heterocycles. The Bertz CT molecular complexity index is 776. The van der Waals surface area contributed by atoms with Crippen molar-refractivity contribution in [1.29, 1.82) is 0 Å². The molecule has 120 valence electrons. The summed E-state index contributed by atoms with van der Waals surface area (Å²) in [6, 6.07) is 0. The molecule has 0 spiro atoms. The Kier molecular flexibility index (Phi) is 3.53. The van der Waals surface area contributed by atoms with Crippen LogP contribution in [0.4, 0.5) is 5.95 Å². The van der Waals surface area contributed by atoms with Gasteiger partial charge in [-0.3, -0.25) is 4.79 Å². The maximum atomic E-state index is 12.3. The summed E-state index contributed by atoms with van der Waals surface area (Å²) in [6.07, 6.45) is -2.51. The number of rotatable bonds is 3. The highest BCUT2D eigenvalue weighted by atomic mass is 32.1. The summed E-state index contributed by atoms with van der Waals surface area (Å²) in [5, 5.41) is 30.0. The first-order chi connectivity index (χ1) is 10.4. The van der Waals surface area contributed by atoms with E-state index in [2.05, 4.69) is 9.97 Å². The van der Waals surface area contributed by atoms with E-state index in [1.54, 1.807) is 0 Å². The molecule has 0 saturated carbocycles. The minimum atomic E-state index is -2.06. The summed E-state index contributed by atoms with van der Waals surface area (Å²) in [5.41, 5.74) is 3.55. The molecule has 10 nitrogen and oxygen atoms in total. The van der Waals surface area contributed by atoms with E-state index in [-0.39, 0.29) is 28.8 Å². The highest BCUT2D eigenvalue weighted by Crippen LogP contribution is 2.34. The number of nitrogen functional groups attached to an aromatic ring is 1. The average Bonchev–Trinajstić information content (AvgIpc) is 2.96. The van der Waals surface area contributed by atoms with Crippen LogP contribution in [0.2, 0.25) is 0 Å². The van der Waals surface area contributed by atoms with Gasteiger partial charge in [-0.1, -0.05) is 11.3 Å². The third-order valence-electron chi connectivity index (χ3n) is 3.51. The number of aliphatic hydroxyl groups is 3. The first kappa shape index (κ1) is 15.1. The van der Waals surface area contributed by atoms with Crippen LogP contribution in [-0.4, -0.2) is 62.4 Å². The molecule has 0 amide bonds. The van der Waals surface area contributed by atoms with Crippen LogP contribution in [0.5, 0.6) is 5.88 Å². The summed E-state index contributed by atoms with van der Waals surface area (Å²) in [5.74, 6) is -0.0503. The Balaban J connectivity index is 2.26. The second kappa shape index (κ2) is 5.14. The van der Waals surface area contributed by atoms with Gasteiger partial charge < -0.3 is 30.5 Å². The van der Waals surface area contributed by atoms with Crippen molar-refractivity contribution in [2.75, 3.05) is 26.1 Å². The Labute approximate surface area is 127 Å². The van der Waals surface area contributed by atoms with Gasteiger partial charge in [0.05, 0.1) is 20.3 Å². The molecule has 1 fully saturated rings. The Morgan fingerprint density at radius 3 is 2.91 bits per heavy atom. The number of methoxy groups -OCH3 is 1. The summed E-state index contributed by atoms with van der Waals surface area (Å²) in [4.78, 5) is 19.5. The number of nitrogens with zero attached hydrogens (tertiary/aromatic N) is 3. The fraction of sp³-hybridized carbons (Fsp3) is 0.545. The lowest BCUT2D eigenvalue weighted by molar-refractivity contribution is -0.111. The zero-order valence-corrected chi connectivity index (χ0v) is 12.3. The van der Waals surface area contributed by atoms with Crippen molar-refractivity contribution in [1.82, 2.24) is 14.5 Å². The van der Waals surface area contributed by atoms with Gasteiger partial charge in [0.25, 0.3) is 0 Å². The number of hydrogen-bond donors (Lipinski definition) is 4. The van der Waals surface area contributed by atoms with E-state index >= 15 is 0 Å². The van der Waals surface area contributed by atoms with E-state index in [0.29, 0.717) is 0 Å². The topological polar surface area (TPSA) is 153 Å². The van der Waals surface area contributed by atoms with Gasteiger partial charge in [-0.05, 0) is 0 Å². The molecule has 22 heavy (non-hydrogen) atoms. The quantitative estimate of drug-likeness (QED) is 0.493. The number of ether oxygens (including phenoxy) is 2. The molecular formula is C11H14N4O6S. The van der Waals surface area contributed by atoms with Crippen LogP contribution < -0.4 is 15.3 Å². The van der Waals surface area contributed by atoms with E-state index in [9.17, 15) is 15.0 Å². The number of thiazole rings is 1. The van der Waals surface area contributed by atoms with E-state index in [1.165, 1.54) is 7.11 Å². The molecule has 11 heteroatoms. The van der Waals surface area contributed by atoms with E-state index in [0.717, 1.165) is 15.9 Å². The summed E-state index contributed by atoms with van der Waals surface area (Å²) < 4.78 is 11.4. The van der Waals surface area contributed by atoms with Crippen LogP contribution in [0.15, 0.2) is 4.79 Å². The molecule has 3 rings (SSSR count). The van der Waals surface area contributed by atoms with Crippen LogP contribution in [0, 0.1) is 0 Å². The van der Waals surface area contributed by atoms with Crippen molar-refractivity contribution in [2.45, 2.75) is 17.9 Å². The minimum Gasteiger partial charge on any atom is -0.480 e. The lowest BCUT2D eigenvalue weighted by atomic mass is 10.1. The minimum absolute atomic E-state index is 0.0306. The van der Waals surface area contributed by atoms with Gasteiger partial charge in [0.1, 0.15) is 16.9 Å².